The third-order valence-corrected chi connectivity index (χ3v) is 1.58. The topological polar surface area (TPSA) is 12.0 Å². The molecule has 0 spiro atoms. The lowest BCUT2D eigenvalue weighted by atomic mass is 9.95. The molecule has 1 rings (SSSR count). The van der Waals surface area contributed by atoms with Crippen molar-refractivity contribution in [2.45, 2.75) is 33.6 Å². The second-order valence-corrected chi connectivity index (χ2v) is 4.07. The van der Waals surface area contributed by atoms with Gasteiger partial charge in [0.1, 0.15) is 0 Å². The second-order valence-electron chi connectivity index (χ2n) is 4.07. The van der Waals surface area contributed by atoms with Gasteiger partial charge in [0, 0.05) is 12.2 Å². The highest BCUT2D eigenvalue weighted by atomic mass is 14.9. The molecule has 0 aromatic heterocycles. The molecule has 0 aliphatic carbocycles. The molecule has 0 amide bonds. The van der Waals surface area contributed by atoms with Crippen molar-refractivity contribution >= 4 is 0 Å². The summed E-state index contributed by atoms with van der Waals surface area (Å²) < 4.78 is 0. The minimum Gasteiger partial charge on any atom is -0.389 e. The van der Waals surface area contributed by atoms with E-state index in [0.717, 1.165) is 0 Å². The summed E-state index contributed by atoms with van der Waals surface area (Å²) >= 11 is 0. The van der Waals surface area contributed by atoms with Crippen molar-refractivity contribution in [3.63, 3.8) is 0 Å². The smallest absolute Gasteiger partial charge is 0.0147 e. The molecule has 1 heterocycles. The molecule has 1 N–H and O–H groups in total. The molecular formula is C9H17N. The van der Waals surface area contributed by atoms with Crippen LogP contribution >= 0.6 is 0 Å². The molecular weight excluding hydrogens is 122 g/mol. The molecule has 0 radical (unpaired) electrons. The van der Waals surface area contributed by atoms with Crippen molar-refractivity contribution in [3.05, 3.63) is 11.8 Å². The second kappa shape index (κ2) is 2.65. The van der Waals surface area contributed by atoms with Gasteiger partial charge in [-0.05, 0) is 18.3 Å². The normalized spacial score (nSPS) is 23.3. The molecule has 0 bridgehead atoms. The van der Waals surface area contributed by atoms with Gasteiger partial charge in [0.25, 0.3) is 0 Å². The molecule has 1 saturated heterocycles. The number of allylic oxidation sites excluding steroid dienone is 2. The molecule has 58 valence electrons. The molecule has 0 unspecified atom stereocenters. The van der Waals surface area contributed by atoms with Gasteiger partial charge in [-0.25, -0.2) is 0 Å². The van der Waals surface area contributed by atoms with Crippen LogP contribution in [-0.2, 0) is 0 Å². The lowest BCUT2D eigenvalue weighted by Crippen LogP contribution is -2.08. The number of hydrogen-bond donors (Lipinski definition) is 1. The third-order valence-electron chi connectivity index (χ3n) is 1.58. The molecule has 1 nitrogen and oxygen atoms in total. The average Bonchev–Trinajstić information content (AvgIpc) is 2.12. The van der Waals surface area contributed by atoms with Crippen molar-refractivity contribution in [2.24, 2.45) is 5.41 Å². The Kier molecular flexibility index (Phi) is 2.02. The van der Waals surface area contributed by atoms with Crippen LogP contribution in [0, 0.1) is 5.41 Å². The third kappa shape index (κ3) is 2.42. The maximum absolute atomic E-state index is 3.37. The van der Waals surface area contributed by atoms with Crippen molar-refractivity contribution in [1.29, 1.82) is 0 Å². The first-order chi connectivity index (χ1) is 4.58. The van der Waals surface area contributed by atoms with Gasteiger partial charge in [-0.15, -0.1) is 0 Å². The van der Waals surface area contributed by atoms with Crippen molar-refractivity contribution < 1.29 is 0 Å². The SMILES string of the molecule is CC(C)(C)/C=C1\CCCN1. The van der Waals surface area contributed by atoms with Crippen LogP contribution in [0.2, 0.25) is 0 Å². The molecule has 0 aromatic carbocycles. The van der Waals surface area contributed by atoms with E-state index in [1.165, 1.54) is 25.1 Å². The highest BCUT2D eigenvalue weighted by Gasteiger charge is 2.10. The summed E-state index contributed by atoms with van der Waals surface area (Å²) in [4.78, 5) is 0. The van der Waals surface area contributed by atoms with Gasteiger partial charge in [0.2, 0.25) is 0 Å². The van der Waals surface area contributed by atoms with Crippen molar-refractivity contribution in [3.8, 4) is 0 Å². The Hall–Kier alpha value is -0.460. The molecule has 1 heteroatoms. The Balaban J connectivity index is 2.53. The first kappa shape index (κ1) is 7.64. The number of rotatable bonds is 0. The van der Waals surface area contributed by atoms with Crippen molar-refractivity contribution in [2.75, 3.05) is 6.54 Å². The largest absolute Gasteiger partial charge is 0.389 e. The summed E-state index contributed by atoms with van der Waals surface area (Å²) in [5.41, 5.74) is 1.78. The highest BCUT2D eigenvalue weighted by molar-refractivity contribution is 5.07. The predicted octanol–water partition coefficient (Wildman–Crippen LogP) is 2.30. The van der Waals surface area contributed by atoms with E-state index in [2.05, 4.69) is 32.2 Å². The van der Waals surface area contributed by atoms with Gasteiger partial charge < -0.3 is 5.32 Å². The molecule has 0 atom stereocenters. The zero-order chi connectivity index (χ0) is 7.61. The van der Waals surface area contributed by atoms with Gasteiger partial charge in [-0.1, -0.05) is 26.8 Å². The monoisotopic (exact) mass is 139 g/mol. The van der Waals surface area contributed by atoms with E-state index >= 15 is 0 Å². The minimum atomic E-state index is 0.340. The summed E-state index contributed by atoms with van der Waals surface area (Å²) in [6.45, 7) is 7.88. The quantitative estimate of drug-likeness (QED) is 0.543. The molecule has 0 aromatic rings. The van der Waals surface area contributed by atoms with E-state index in [-0.39, 0.29) is 0 Å². The first-order valence-corrected chi connectivity index (χ1v) is 4.03. The van der Waals surface area contributed by atoms with Gasteiger partial charge in [-0.3, -0.25) is 0 Å². The van der Waals surface area contributed by atoms with E-state index in [0.29, 0.717) is 5.41 Å². The van der Waals surface area contributed by atoms with Gasteiger partial charge in [0.15, 0.2) is 0 Å². The Bertz CT molecular complexity index is 131. The molecule has 1 aliphatic heterocycles. The van der Waals surface area contributed by atoms with Crippen molar-refractivity contribution in [1.82, 2.24) is 5.32 Å². The van der Waals surface area contributed by atoms with E-state index in [1.807, 2.05) is 0 Å². The fourth-order valence-electron chi connectivity index (χ4n) is 1.26. The summed E-state index contributed by atoms with van der Waals surface area (Å²) in [5, 5.41) is 3.37. The Morgan fingerprint density at radius 1 is 1.40 bits per heavy atom. The predicted molar refractivity (Wildman–Crippen MR) is 44.8 cm³/mol. The van der Waals surface area contributed by atoms with Crippen LogP contribution in [0.5, 0.6) is 0 Å². The Morgan fingerprint density at radius 2 is 2.10 bits per heavy atom. The maximum Gasteiger partial charge on any atom is 0.0147 e. The average molecular weight is 139 g/mol. The van der Waals surface area contributed by atoms with Crippen LogP contribution < -0.4 is 5.32 Å². The first-order valence-electron chi connectivity index (χ1n) is 4.03. The van der Waals surface area contributed by atoms with Crippen LogP contribution in [0.4, 0.5) is 0 Å². The minimum absolute atomic E-state index is 0.340. The van der Waals surface area contributed by atoms with Crippen LogP contribution in [0.1, 0.15) is 33.6 Å². The zero-order valence-electron chi connectivity index (χ0n) is 7.20. The molecule has 0 saturated carbocycles. The van der Waals surface area contributed by atoms with Crippen LogP contribution in [-0.4, -0.2) is 6.54 Å². The summed E-state index contributed by atoms with van der Waals surface area (Å²) in [6, 6.07) is 0. The van der Waals surface area contributed by atoms with Gasteiger partial charge in [-0.2, -0.15) is 0 Å². The van der Waals surface area contributed by atoms with E-state index in [9.17, 15) is 0 Å². The molecule has 1 fully saturated rings. The maximum atomic E-state index is 3.37. The van der Waals surface area contributed by atoms with E-state index in [4.69, 9.17) is 0 Å². The van der Waals surface area contributed by atoms with Gasteiger partial charge >= 0.3 is 0 Å². The fraction of sp³-hybridized carbons (Fsp3) is 0.778. The van der Waals surface area contributed by atoms with Crippen LogP contribution in [0.25, 0.3) is 0 Å². The standard InChI is InChI=1S/C9H17N/c1-9(2,3)7-8-5-4-6-10-8/h7,10H,4-6H2,1-3H3/b8-7+. The molecule has 10 heavy (non-hydrogen) atoms. The lowest BCUT2D eigenvalue weighted by molar-refractivity contribution is 0.536. The number of nitrogens with one attached hydrogen (secondary N) is 1. The molecule has 1 aliphatic rings. The van der Waals surface area contributed by atoms with Gasteiger partial charge in [0.05, 0.1) is 0 Å². The fourth-order valence-corrected chi connectivity index (χ4v) is 1.26. The number of hydrogen-bond acceptors (Lipinski definition) is 1. The Morgan fingerprint density at radius 3 is 2.50 bits per heavy atom. The van der Waals surface area contributed by atoms with E-state index in [1.54, 1.807) is 0 Å². The lowest BCUT2D eigenvalue weighted by Gasteiger charge is -2.13. The summed E-state index contributed by atoms with van der Waals surface area (Å²) in [6.07, 6.45) is 4.89. The van der Waals surface area contributed by atoms with Crippen LogP contribution in [0.3, 0.4) is 0 Å². The van der Waals surface area contributed by atoms with Crippen LogP contribution in [0.15, 0.2) is 11.8 Å². The summed E-state index contributed by atoms with van der Waals surface area (Å²) in [7, 11) is 0. The van der Waals surface area contributed by atoms with E-state index < -0.39 is 0 Å². The zero-order valence-corrected chi connectivity index (χ0v) is 7.20. The summed E-state index contributed by atoms with van der Waals surface area (Å²) in [5.74, 6) is 0. The highest BCUT2D eigenvalue weighted by Crippen LogP contribution is 2.20. The Labute approximate surface area is 63.5 Å².